The first-order valence-electron chi connectivity index (χ1n) is 10.9. The minimum Gasteiger partial charge on any atom is -0.457 e. The summed E-state index contributed by atoms with van der Waals surface area (Å²) in [5, 5.41) is 8.90. The van der Waals surface area contributed by atoms with E-state index in [0.29, 0.717) is 36.3 Å². The number of hydrogen-bond donors (Lipinski definition) is 0. The lowest BCUT2D eigenvalue weighted by Gasteiger charge is -2.23. The van der Waals surface area contributed by atoms with Gasteiger partial charge in [-0.2, -0.15) is 9.57 Å². The van der Waals surface area contributed by atoms with Crippen LogP contribution in [0.3, 0.4) is 0 Å². The Morgan fingerprint density at radius 2 is 1.79 bits per heavy atom. The summed E-state index contributed by atoms with van der Waals surface area (Å²) in [5.74, 6) is 0.552. The topological polar surface area (TPSA) is 87.5 Å². The molecule has 0 radical (unpaired) electrons. The smallest absolute Gasteiger partial charge is 0.243 e. The molecule has 0 aliphatic carbocycles. The van der Waals surface area contributed by atoms with E-state index in [9.17, 15) is 17.6 Å². The lowest BCUT2D eigenvalue weighted by Crippen LogP contribution is -2.40. The Morgan fingerprint density at radius 1 is 1.06 bits per heavy atom. The molecule has 0 amide bonds. The van der Waals surface area contributed by atoms with Gasteiger partial charge in [-0.15, -0.1) is 0 Å². The highest BCUT2D eigenvalue weighted by molar-refractivity contribution is 7.89. The van der Waals surface area contributed by atoms with Gasteiger partial charge in [0.15, 0.2) is 5.78 Å². The van der Waals surface area contributed by atoms with Crippen LogP contribution < -0.4 is 4.74 Å². The average molecular weight is 479 g/mol. The molecule has 0 bridgehead atoms. The second-order valence-electron chi connectivity index (χ2n) is 8.08. The molecular weight excluding hydrogens is 455 g/mol. The number of ether oxygens (including phenoxy) is 1. The summed E-state index contributed by atoms with van der Waals surface area (Å²) in [7, 11) is -3.87. The van der Waals surface area contributed by atoms with Crippen LogP contribution in [0.5, 0.6) is 11.5 Å². The predicted octanol–water partition coefficient (Wildman–Crippen LogP) is 4.84. The molecule has 1 aliphatic rings. The summed E-state index contributed by atoms with van der Waals surface area (Å²) in [6.07, 6.45) is 1.72. The largest absolute Gasteiger partial charge is 0.457 e. The summed E-state index contributed by atoms with van der Waals surface area (Å²) in [4.78, 5) is 13.0. The van der Waals surface area contributed by atoms with E-state index in [2.05, 4.69) is 6.07 Å². The van der Waals surface area contributed by atoms with E-state index >= 15 is 0 Å². The number of rotatable bonds is 8. The second-order valence-corrected chi connectivity index (χ2v) is 9.97. The van der Waals surface area contributed by atoms with Gasteiger partial charge in [0.2, 0.25) is 10.0 Å². The van der Waals surface area contributed by atoms with Crippen LogP contribution in [0.25, 0.3) is 0 Å². The molecule has 3 aromatic carbocycles. The summed E-state index contributed by atoms with van der Waals surface area (Å²) in [6, 6.07) is 20.1. The summed E-state index contributed by atoms with van der Waals surface area (Å²) < 4.78 is 46.3. The lowest BCUT2D eigenvalue weighted by atomic mass is 10.0. The maximum absolute atomic E-state index is 13.2. The van der Waals surface area contributed by atoms with Gasteiger partial charge in [-0.05, 0) is 85.5 Å². The minimum atomic E-state index is -3.87. The van der Waals surface area contributed by atoms with Gasteiger partial charge in [-0.3, -0.25) is 4.79 Å². The fourth-order valence-corrected chi connectivity index (χ4v) is 5.70. The van der Waals surface area contributed by atoms with Gasteiger partial charge in [-0.1, -0.05) is 12.1 Å². The Balaban J connectivity index is 1.40. The van der Waals surface area contributed by atoms with Crippen molar-refractivity contribution in [2.24, 2.45) is 0 Å². The van der Waals surface area contributed by atoms with Gasteiger partial charge in [0.25, 0.3) is 0 Å². The predicted molar refractivity (Wildman–Crippen MR) is 124 cm³/mol. The van der Waals surface area contributed by atoms with Crippen molar-refractivity contribution >= 4 is 15.8 Å². The third-order valence-corrected chi connectivity index (χ3v) is 7.70. The van der Waals surface area contributed by atoms with E-state index in [1.54, 1.807) is 30.3 Å². The van der Waals surface area contributed by atoms with Crippen LogP contribution in [-0.2, 0) is 21.2 Å². The van der Waals surface area contributed by atoms with Crippen molar-refractivity contribution in [3.05, 3.63) is 89.7 Å². The first-order valence-corrected chi connectivity index (χ1v) is 12.4. The zero-order valence-electron chi connectivity index (χ0n) is 18.4. The Kier molecular flexibility index (Phi) is 7.06. The van der Waals surface area contributed by atoms with Crippen LogP contribution in [0.4, 0.5) is 4.39 Å². The molecule has 1 saturated heterocycles. The van der Waals surface area contributed by atoms with Crippen molar-refractivity contribution in [2.75, 3.05) is 6.54 Å². The highest BCUT2D eigenvalue weighted by atomic mass is 32.2. The van der Waals surface area contributed by atoms with Crippen molar-refractivity contribution in [1.29, 1.82) is 5.26 Å². The molecule has 1 heterocycles. The Morgan fingerprint density at radius 3 is 2.50 bits per heavy atom. The zero-order valence-corrected chi connectivity index (χ0v) is 19.2. The fraction of sp³-hybridized carbons (Fsp3) is 0.231. The first-order chi connectivity index (χ1) is 16.4. The van der Waals surface area contributed by atoms with E-state index in [1.807, 2.05) is 18.2 Å². The molecule has 0 unspecified atom stereocenters. The summed E-state index contributed by atoms with van der Waals surface area (Å²) >= 11 is 0. The third-order valence-electron chi connectivity index (χ3n) is 5.77. The van der Waals surface area contributed by atoms with Crippen LogP contribution in [0, 0.1) is 17.1 Å². The molecular formula is C26H23FN2O4S. The molecule has 3 aromatic rings. The second kappa shape index (κ2) is 10.2. The maximum Gasteiger partial charge on any atom is 0.243 e. The molecule has 0 N–H and O–H groups in total. The quantitative estimate of drug-likeness (QED) is 0.462. The SMILES string of the molecule is N#Cc1ccc(Oc2cccc(CCC(=O)[C@@H]3CCCN3S(=O)(=O)c3ccc(F)cc3)c2)cc1. The molecule has 0 aromatic heterocycles. The highest BCUT2D eigenvalue weighted by Crippen LogP contribution is 2.28. The van der Waals surface area contributed by atoms with Crippen LogP contribution in [0.2, 0.25) is 0 Å². The number of halogens is 1. The lowest BCUT2D eigenvalue weighted by molar-refractivity contribution is -0.122. The van der Waals surface area contributed by atoms with Gasteiger partial charge in [0.05, 0.1) is 22.6 Å². The number of nitriles is 1. The molecule has 1 fully saturated rings. The van der Waals surface area contributed by atoms with Gasteiger partial charge in [0.1, 0.15) is 17.3 Å². The molecule has 0 spiro atoms. The van der Waals surface area contributed by atoms with E-state index in [1.165, 1.54) is 16.4 Å². The van der Waals surface area contributed by atoms with E-state index < -0.39 is 21.9 Å². The monoisotopic (exact) mass is 478 g/mol. The number of aryl methyl sites for hydroxylation is 1. The number of nitrogens with zero attached hydrogens (tertiary/aromatic N) is 2. The van der Waals surface area contributed by atoms with Crippen LogP contribution in [-0.4, -0.2) is 31.1 Å². The maximum atomic E-state index is 13.2. The number of carbonyl (C=O) groups excluding carboxylic acids is 1. The van der Waals surface area contributed by atoms with Crippen molar-refractivity contribution in [3.8, 4) is 17.6 Å². The van der Waals surface area contributed by atoms with Gasteiger partial charge >= 0.3 is 0 Å². The van der Waals surface area contributed by atoms with Crippen molar-refractivity contribution in [1.82, 2.24) is 4.31 Å². The Labute approximate surface area is 198 Å². The number of benzene rings is 3. The molecule has 0 saturated carbocycles. The number of carbonyl (C=O) groups is 1. The first kappa shape index (κ1) is 23.6. The fourth-order valence-electron chi connectivity index (χ4n) is 4.02. The molecule has 34 heavy (non-hydrogen) atoms. The molecule has 174 valence electrons. The molecule has 1 aliphatic heterocycles. The van der Waals surface area contributed by atoms with Crippen molar-refractivity contribution in [2.45, 2.75) is 36.6 Å². The van der Waals surface area contributed by atoms with Crippen LogP contribution in [0.15, 0.2) is 77.7 Å². The van der Waals surface area contributed by atoms with Gasteiger partial charge in [-0.25, -0.2) is 12.8 Å². The van der Waals surface area contributed by atoms with Crippen LogP contribution >= 0.6 is 0 Å². The molecule has 1 atom stereocenters. The standard InChI is InChI=1S/C26H23FN2O4S/c27-21-9-13-24(14-10-21)34(31,32)29-16-2-5-25(29)26(30)15-8-19-3-1-4-23(17-19)33-22-11-6-20(18-28)7-12-22/h1,3-4,6-7,9-14,17,25H,2,5,8,15-16H2/t25-/m0/s1. The van der Waals surface area contributed by atoms with E-state index in [4.69, 9.17) is 10.00 Å². The normalized spacial score (nSPS) is 16.2. The van der Waals surface area contributed by atoms with E-state index in [-0.39, 0.29) is 23.6 Å². The van der Waals surface area contributed by atoms with Gasteiger partial charge < -0.3 is 4.74 Å². The van der Waals surface area contributed by atoms with Gasteiger partial charge in [0, 0.05) is 13.0 Å². The van der Waals surface area contributed by atoms with Crippen molar-refractivity contribution < 1.29 is 22.3 Å². The number of hydrogen-bond acceptors (Lipinski definition) is 5. The van der Waals surface area contributed by atoms with Crippen molar-refractivity contribution in [3.63, 3.8) is 0 Å². The molecule has 8 heteroatoms. The number of Topliss-reactive ketones (excluding diaryl/α,β-unsaturated/α-hetero) is 1. The average Bonchev–Trinajstić information content (AvgIpc) is 3.35. The number of sulfonamides is 1. The molecule has 6 nitrogen and oxygen atoms in total. The number of ketones is 1. The van der Waals surface area contributed by atoms with Crippen LogP contribution in [0.1, 0.15) is 30.4 Å². The third kappa shape index (κ3) is 5.33. The highest BCUT2D eigenvalue weighted by Gasteiger charge is 2.38. The Hall–Kier alpha value is -3.54. The summed E-state index contributed by atoms with van der Waals surface area (Å²) in [5.41, 5.74) is 1.44. The Bertz CT molecular complexity index is 1320. The minimum absolute atomic E-state index is 0.0127. The molecule has 4 rings (SSSR count). The van der Waals surface area contributed by atoms with E-state index in [0.717, 1.165) is 17.7 Å². The zero-order chi connectivity index (χ0) is 24.1. The summed E-state index contributed by atoms with van der Waals surface area (Å²) in [6.45, 7) is 0.268.